The second kappa shape index (κ2) is 4.53. The summed E-state index contributed by atoms with van der Waals surface area (Å²) in [5.74, 6) is 0. The summed E-state index contributed by atoms with van der Waals surface area (Å²) < 4.78 is 0. The van der Waals surface area contributed by atoms with Crippen LogP contribution in [0.25, 0.3) is 0 Å². The minimum Gasteiger partial charge on any atom is -0.396 e. The summed E-state index contributed by atoms with van der Waals surface area (Å²) in [5, 5.41) is 8.29. The molecule has 0 aliphatic carbocycles. The molecule has 0 aromatic heterocycles. The second-order valence-electron chi connectivity index (χ2n) is 1.59. The van der Waals surface area contributed by atoms with Crippen LogP contribution in [0.5, 0.6) is 0 Å². The van der Waals surface area contributed by atoms with E-state index in [-0.39, 0.29) is 6.61 Å². The zero-order valence-corrected chi connectivity index (χ0v) is 4.76. The summed E-state index contributed by atoms with van der Waals surface area (Å²) in [6.07, 6.45) is 1.71. The van der Waals surface area contributed by atoms with Crippen molar-refractivity contribution in [2.75, 3.05) is 6.61 Å². The highest BCUT2D eigenvalue weighted by molar-refractivity contribution is 5.53. The highest BCUT2D eigenvalue weighted by Gasteiger charge is 1.88. The first kappa shape index (κ1) is 7.37. The van der Waals surface area contributed by atoms with E-state index in [4.69, 9.17) is 5.11 Å². The third-order valence-corrected chi connectivity index (χ3v) is 0.837. The standard InChI is InChI=1S/C6H10O2/c1-6(2-4-7)3-5-8/h4,8H,1-3,5H2. The number of rotatable bonds is 4. The van der Waals surface area contributed by atoms with Crippen LogP contribution < -0.4 is 0 Å². The fraction of sp³-hybridized carbons (Fsp3) is 0.500. The molecule has 0 saturated carbocycles. The van der Waals surface area contributed by atoms with E-state index in [1.807, 2.05) is 0 Å². The zero-order valence-electron chi connectivity index (χ0n) is 4.76. The molecule has 0 radical (unpaired) electrons. The molecule has 0 unspecified atom stereocenters. The number of hydrogen-bond donors (Lipinski definition) is 1. The number of aliphatic hydroxyl groups excluding tert-OH is 1. The van der Waals surface area contributed by atoms with Crippen LogP contribution in [-0.4, -0.2) is 18.0 Å². The van der Waals surface area contributed by atoms with Gasteiger partial charge in [0.2, 0.25) is 0 Å². The van der Waals surface area contributed by atoms with E-state index in [2.05, 4.69) is 6.58 Å². The van der Waals surface area contributed by atoms with E-state index in [0.717, 1.165) is 11.9 Å². The lowest BCUT2D eigenvalue weighted by Crippen LogP contribution is -1.86. The molecule has 1 N–H and O–H groups in total. The summed E-state index contributed by atoms with van der Waals surface area (Å²) in [5.41, 5.74) is 0.794. The lowest BCUT2D eigenvalue weighted by Gasteiger charge is -1.93. The Morgan fingerprint density at radius 1 is 1.75 bits per heavy atom. The molecule has 0 aliphatic rings. The van der Waals surface area contributed by atoms with Crippen LogP contribution in [0.3, 0.4) is 0 Å². The smallest absolute Gasteiger partial charge is 0.124 e. The molecule has 0 aromatic carbocycles. The van der Waals surface area contributed by atoms with Gasteiger partial charge < -0.3 is 9.90 Å². The van der Waals surface area contributed by atoms with E-state index >= 15 is 0 Å². The van der Waals surface area contributed by atoms with Gasteiger partial charge in [-0.05, 0) is 6.42 Å². The van der Waals surface area contributed by atoms with Crippen molar-refractivity contribution in [1.29, 1.82) is 0 Å². The Morgan fingerprint density at radius 3 is 2.75 bits per heavy atom. The Balaban J connectivity index is 3.18. The van der Waals surface area contributed by atoms with Crippen molar-refractivity contribution in [3.63, 3.8) is 0 Å². The van der Waals surface area contributed by atoms with Gasteiger partial charge in [-0.25, -0.2) is 0 Å². The first-order valence-electron chi connectivity index (χ1n) is 2.52. The largest absolute Gasteiger partial charge is 0.396 e. The lowest BCUT2D eigenvalue weighted by molar-refractivity contribution is -0.107. The van der Waals surface area contributed by atoms with Crippen LogP contribution in [0, 0.1) is 0 Å². The number of carbonyl (C=O) groups excluding carboxylic acids is 1. The van der Waals surface area contributed by atoms with Gasteiger partial charge in [0.15, 0.2) is 0 Å². The predicted molar refractivity (Wildman–Crippen MR) is 31.5 cm³/mol. The van der Waals surface area contributed by atoms with Gasteiger partial charge in [0, 0.05) is 13.0 Å². The highest BCUT2D eigenvalue weighted by atomic mass is 16.2. The summed E-state index contributed by atoms with van der Waals surface area (Å²) in [6.45, 7) is 3.63. The molecule has 2 heteroatoms. The number of hydrogen-bond acceptors (Lipinski definition) is 2. The number of aldehydes is 1. The molecule has 0 heterocycles. The van der Waals surface area contributed by atoms with Gasteiger partial charge in [-0.2, -0.15) is 0 Å². The van der Waals surface area contributed by atoms with Gasteiger partial charge >= 0.3 is 0 Å². The van der Waals surface area contributed by atoms with Crippen LogP contribution in [0.1, 0.15) is 12.8 Å². The third-order valence-electron chi connectivity index (χ3n) is 0.837. The summed E-state index contributed by atoms with van der Waals surface area (Å²) in [6, 6.07) is 0. The van der Waals surface area contributed by atoms with Crippen LogP contribution in [-0.2, 0) is 4.79 Å². The highest BCUT2D eigenvalue weighted by Crippen LogP contribution is 1.98. The molecule has 0 fully saturated rings. The molecule has 2 nitrogen and oxygen atoms in total. The van der Waals surface area contributed by atoms with Gasteiger partial charge in [0.1, 0.15) is 6.29 Å². The van der Waals surface area contributed by atoms with Crippen molar-refractivity contribution in [3.05, 3.63) is 12.2 Å². The maximum absolute atomic E-state index is 9.75. The van der Waals surface area contributed by atoms with E-state index in [9.17, 15) is 4.79 Å². The normalized spacial score (nSPS) is 8.62. The van der Waals surface area contributed by atoms with Gasteiger partial charge in [-0.15, -0.1) is 0 Å². The minimum absolute atomic E-state index is 0.0900. The monoisotopic (exact) mass is 114 g/mol. The van der Waals surface area contributed by atoms with E-state index < -0.39 is 0 Å². The van der Waals surface area contributed by atoms with Crippen molar-refractivity contribution >= 4 is 6.29 Å². The second-order valence-corrected chi connectivity index (χ2v) is 1.59. The quantitative estimate of drug-likeness (QED) is 0.427. The van der Waals surface area contributed by atoms with Crippen molar-refractivity contribution in [2.45, 2.75) is 12.8 Å². The number of carbonyl (C=O) groups is 1. The molecule has 0 atom stereocenters. The van der Waals surface area contributed by atoms with Gasteiger partial charge in [-0.1, -0.05) is 12.2 Å². The van der Waals surface area contributed by atoms with Crippen LogP contribution in [0.15, 0.2) is 12.2 Å². The summed E-state index contributed by atoms with van der Waals surface area (Å²) in [4.78, 5) is 9.75. The Kier molecular flexibility index (Phi) is 4.17. The van der Waals surface area contributed by atoms with Crippen molar-refractivity contribution in [1.82, 2.24) is 0 Å². The predicted octanol–water partition coefficient (Wildman–Crippen LogP) is 0.514. The first-order chi connectivity index (χ1) is 3.81. The third kappa shape index (κ3) is 3.56. The molecule has 0 aromatic rings. The van der Waals surface area contributed by atoms with Crippen molar-refractivity contribution in [3.8, 4) is 0 Å². The number of aliphatic hydroxyl groups is 1. The Morgan fingerprint density at radius 2 is 2.38 bits per heavy atom. The van der Waals surface area contributed by atoms with Crippen molar-refractivity contribution in [2.24, 2.45) is 0 Å². The maximum atomic E-state index is 9.75. The fourth-order valence-corrected chi connectivity index (χ4v) is 0.378. The minimum atomic E-state index is 0.0900. The molecular weight excluding hydrogens is 104 g/mol. The van der Waals surface area contributed by atoms with Gasteiger partial charge in [-0.3, -0.25) is 0 Å². The van der Waals surface area contributed by atoms with E-state index in [1.54, 1.807) is 0 Å². The Hall–Kier alpha value is -0.630. The molecule has 0 aliphatic heterocycles. The van der Waals surface area contributed by atoms with Crippen LogP contribution in [0.4, 0.5) is 0 Å². The molecule has 0 amide bonds. The zero-order chi connectivity index (χ0) is 6.41. The average Bonchev–Trinajstić information content (AvgIpc) is 1.68. The molecular formula is C6H10O2. The molecule has 0 spiro atoms. The van der Waals surface area contributed by atoms with Gasteiger partial charge in [0.05, 0.1) is 0 Å². The fourth-order valence-electron chi connectivity index (χ4n) is 0.378. The Bertz CT molecular complexity index is 86.5. The molecule has 46 valence electrons. The summed E-state index contributed by atoms with van der Waals surface area (Å²) >= 11 is 0. The first-order valence-corrected chi connectivity index (χ1v) is 2.52. The maximum Gasteiger partial charge on any atom is 0.124 e. The molecule has 0 rings (SSSR count). The van der Waals surface area contributed by atoms with Crippen molar-refractivity contribution < 1.29 is 9.90 Å². The molecule has 0 saturated heterocycles. The lowest BCUT2D eigenvalue weighted by atomic mass is 10.2. The van der Waals surface area contributed by atoms with E-state index in [1.165, 1.54) is 0 Å². The summed E-state index contributed by atoms with van der Waals surface area (Å²) in [7, 11) is 0. The van der Waals surface area contributed by atoms with Gasteiger partial charge in [0.25, 0.3) is 0 Å². The SMILES string of the molecule is C=C(CC=O)CCO. The van der Waals surface area contributed by atoms with Crippen LogP contribution >= 0.6 is 0 Å². The van der Waals surface area contributed by atoms with Crippen LogP contribution in [0.2, 0.25) is 0 Å². The molecule has 0 bridgehead atoms. The Labute approximate surface area is 48.8 Å². The average molecular weight is 114 g/mol. The topological polar surface area (TPSA) is 37.3 Å². The molecule has 8 heavy (non-hydrogen) atoms. The van der Waals surface area contributed by atoms with E-state index in [0.29, 0.717) is 12.8 Å².